The van der Waals surface area contributed by atoms with Gasteiger partial charge >= 0.3 is 7.12 Å². The van der Waals surface area contributed by atoms with Gasteiger partial charge in [-0.05, 0) is 44.0 Å². The Kier molecular flexibility index (Phi) is 6.16. The molecule has 1 heterocycles. The predicted molar refractivity (Wildman–Crippen MR) is 84.9 cm³/mol. The minimum Gasteiger partial charge on any atom is -0.463 e. The average molecular weight is 338 g/mol. The standard InChI is InChI=1S/C15H20BFN2O5/c1-10(15(21)19-8-2-3-13(19)16(22)23)18-14(20)11-4-6-12(7-5-11)24-9-17/h4-7,10,13,22-23H,2-3,8-9H2,1H3,(H,18,20)/t10-,13+/m1/s1. The zero-order chi connectivity index (χ0) is 17.7. The molecule has 2 rings (SSSR count). The van der Waals surface area contributed by atoms with E-state index < -0.39 is 31.9 Å². The second-order valence-corrected chi connectivity index (χ2v) is 5.63. The summed E-state index contributed by atoms with van der Waals surface area (Å²) in [5.74, 6) is -1.16. The van der Waals surface area contributed by atoms with E-state index in [0.29, 0.717) is 30.7 Å². The molecule has 1 aromatic rings. The lowest BCUT2D eigenvalue weighted by atomic mass is 9.78. The zero-order valence-corrected chi connectivity index (χ0v) is 13.3. The highest BCUT2D eigenvalue weighted by atomic mass is 19.1. The number of carbonyl (C=O) groups is 2. The van der Waals surface area contributed by atoms with Crippen molar-refractivity contribution in [3.05, 3.63) is 29.8 Å². The molecule has 0 bridgehead atoms. The molecular formula is C15H20BFN2O5. The van der Waals surface area contributed by atoms with Crippen LogP contribution in [-0.4, -0.2) is 59.3 Å². The molecule has 1 fully saturated rings. The third kappa shape index (κ3) is 4.24. The highest BCUT2D eigenvalue weighted by Crippen LogP contribution is 2.19. The molecule has 0 radical (unpaired) electrons. The number of alkyl halides is 1. The minimum atomic E-state index is -1.59. The first-order valence-corrected chi connectivity index (χ1v) is 7.70. The SMILES string of the molecule is C[C@@H](NC(=O)c1ccc(OCF)cc1)C(=O)N1CCC[C@H]1B(O)O. The summed E-state index contributed by atoms with van der Waals surface area (Å²) in [6.07, 6.45) is 1.20. The molecule has 2 amide bonds. The van der Waals surface area contributed by atoms with Crippen LogP contribution in [0.15, 0.2) is 24.3 Å². The fourth-order valence-corrected chi connectivity index (χ4v) is 2.73. The van der Waals surface area contributed by atoms with Crippen molar-refractivity contribution < 1.29 is 28.8 Å². The Balaban J connectivity index is 1.96. The normalized spacial score (nSPS) is 18.2. The number of nitrogens with zero attached hydrogens (tertiary/aromatic N) is 1. The van der Waals surface area contributed by atoms with Crippen LogP contribution in [0.3, 0.4) is 0 Å². The van der Waals surface area contributed by atoms with E-state index in [1.807, 2.05) is 0 Å². The van der Waals surface area contributed by atoms with E-state index in [1.165, 1.54) is 29.2 Å². The summed E-state index contributed by atoms with van der Waals surface area (Å²) in [6.45, 7) is 1.02. The van der Waals surface area contributed by atoms with Crippen molar-refractivity contribution in [3.8, 4) is 5.75 Å². The molecule has 9 heteroatoms. The Bertz CT molecular complexity index is 584. The van der Waals surface area contributed by atoms with E-state index in [4.69, 9.17) is 0 Å². The van der Waals surface area contributed by atoms with Crippen LogP contribution in [0.2, 0.25) is 0 Å². The summed E-state index contributed by atoms with van der Waals surface area (Å²) in [5.41, 5.74) is 0.307. The number of benzene rings is 1. The number of ether oxygens (including phenoxy) is 1. The van der Waals surface area contributed by atoms with Crippen LogP contribution in [0.1, 0.15) is 30.1 Å². The van der Waals surface area contributed by atoms with Crippen molar-refractivity contribution in [2.75, 3.05) is 13.4 Å². The first-order valence-electron chi connectivity index (χ1n) is 7.70. The fraction of sp³-hybridized carbons (Fsp3) is 0.467. The van der Waals surface area contributed by atoms with Gasteiger partial charge in [-0.2, -0.15) is 0 Å². The Morgan fingerprint density at radius 2 is 2.08 bits per heavy atom. The highest BCUT2D eigenvalue weighted by molar-refractivity contribution is 6.43. The molecule has 2 atom stereocenters. The van der Waals surface area contributed by atoms with Crippen LogP contribution >= 0.6 is 0 Å². The van der Waals surface area contributed by atoms with Crippen molar-refractivity contribution in [2.24, 2.45) is 0 Å². The van der Waals surface area contributed by atoms with Crippen molar-refractivity contribution >= 4 is 18.9 Å². The van der Waals surface area contributed by atoms with Crippen LogP contribution in [0.25, 0.3) is 0 Å². The van der Waals surface area contributed by atoms with Gasteiger partial charge in [0.15, 0.2) is 0 Å². The first-order chi connectivity index (χ1) is 11.4. The molecule has 1 aliphatic rings. The van der Waals surface area contributed by atoms with E-state index in [1.54, 1.807) is 6.92 Å². The van der Waals surface area contributed by atoms with Gasteiger partial charge in [0, 0.05) is 12.1 Å². The molecule has 7 nitrogen and oxygen atoms in total. The van der Waals surface area contributed by atoms with Gasteiger partial charge in [0.1, 0.15) is 11.8 Å². The smallest absolute Gasteiger partial charge is 0.463 e. The Morgan fingerprint density at radius 3 is 2.67 bits per heavy atom. The number of hydrogen-bond donors (Lipinski definition) is 3. The van der Waals surface area contributed by atoms with Crippen molar-refractivity contribution in [3.63, 3.8) is 0 Å². The first kappa shape index (κ1) is 18.2. The number of hydrogen-bond acceptors (Lipinski definition) is 5. The summed E-state index contributed by atoms with van der Waals surface area (Å²) in [6, 6.07) is 5.04. The monoisotopic (exact) mass is 338 g/mol. The van der Waals surface area contributed by atoms with Gasteiger partial charge < -0.3 is 25.0 Å². The maximum atomic E-state index is 12.4. The van der Waals surface area contributed by atoms with Gasteiger partial charge in [-0.15, -0.1) is 0 Å². The lowest BCUT2D eigenvalue weighted by molar-refractivity contribution is -0.132. The number of likely N-dealkylation sites (tertiary alicyclic amines) is 1. The maximum Gasteiger partial charge on any atom is 0.475 e. The molecule has 1 aliphatic heterocycles. The largest absolute Gasteiger partial charge is 0.475 e. The van der Waals surface area contributed by atoms with Gasteiger partial charge in [0.2, 0.25) is 12.8 Å². The van der Waals surface area contributed by atoms with E-state index >= 15 is 0 Å². The molecule has 0 unspecified atom stereocenters. The summed E-state index contributed by atoms with van der Waals surface area (Å²) in [7, 11) is -1.59. The second-order valence-electron chi connectivity index (χ2n) is 5.63. The third-order valence-corrected chi connectivity index (χ3v) is 3.98. The van der Waals surface area contributed by atoms with Crippen molar-refractivity contribution in [1.82, 2.24) is 10.2 Å². The van der Waals surface area contributed by atoms with Gasteiger partial charge in [-0.25, -0.2) is 4.39 Å². The van der Waals surface area contributed by atoms with E-state index in [0.717, 1.165) is 0 Å². The van der Waals surface area contributed by atoms with Gasteiger partial charge in [-0.3, -0.25) is 9.59 Å². The summed E-state index contributed by atoms with van der Waals surface area (Å²) in [4.78, 5) is 25.9. The lowest BCUT2D eigenvalue weighted by Gasteiger charge is -2.27. The topological polar surface area (TPSA) is 99.1 Å². The summed E-state index contributed by atoms with van der Waals surface area (Å²) >= 11 is 0. The van der Waals surface area contributed by atoms with Crippen LogP contribution in [0.5, 0.6) is 5.75 Å². The number of amides is 2. The van der Waals surface area contributed by atoms with Gasteiger partial charge in [0.25, 0.3) is 5.91 Å². The van der Waals surface area contributed by atoms with Gasteiger partial charge in [0.05, 0.1) is 5.94 Å². The zero-order valence-electron chi connectivity index (χ0n) is 13.3. The highest BCUT2D eigenvalue weighted by Gasteiger charge is 2.38. The number of halogens is 1. The van der Waals surface area contributed by atoms with E-state index in [9.17, 15) is 24.0 Å². The molecule has 24 heavy (non-hydrogen) atoms. The maximum absolute atomic E-state index is 12.4. The molecule has 1 saturated heterocycles. The number of nitrogens with one attached hydrogen (secondary N) is 1. The Morgan fingerprint density at radius 1 is 1.42 bits per heavy atom. The molecule has 3 N–H and O–H groups in total. The minimum absolute atomic E-state index is 0.301. The van der Waals surface area contributed by atoms with Gasteiger partial charge in [-0.1, -0.05) is 0 Å². The Labute approximate surface area is 139 Å². The van der Waals surface area contributed by atoms with E-state index in [-0.39, 0.29) is 5.91 Å². The quantitative estimate of drug-likeness (QED) is 0.640. The third-order valence-electron chi connectivity index (χ3n) is 3.98. The van der Waals surface area contributed by atoms with Crippen LogP contribution in [0, 0.1) is 0 Å². The molecule has 0 saturated carbocycles. The van der Waals surface area contributed by atoms with Crippen molar-refractivity contribution in [1.29, 1.82) is 0 Å². The predicted octanol–water partition coefficient (Wildman–Crippen LogP) is 0.114. The molecule has 1 aromatic carbocycles. The number of carbonyl (C=O) groups excluding carboxylic acids is 2. The van der Waals surface area contributed by atoms with Crippen molar-refractivity contribution in [2.45, 2.75) is 31.7 Å². The molecular weight excluding hydrogens is 318 g/mol. The number of rotatable bonds is 6. The fourth-order valence-electron chi connectivity index (χ4n) is 2.73. The van der Waals surface area contributed by atoms with Crippen LogP contribution in [0.4, 0.5) is 4.39 Å². The second kappa shape index (κ2) is 8.12. The molecule has 130 valence electrons. The van der Waals surface area contributed by atoms with Crippen LogP contribution in [-0.2, 0) is 4.79 Å². The summed E-state index contributed by atoms with van der Waals surface area (Å²) in [5, 5.41) is 21.2. The molecule has 0 spiro atoms. The average Bonchev–Trinajstić information content (AvgIpc) is 3.04. The molecule has 0 aromatic heterocycles. The van der Waals surface area contributed by atoms with E-state index in [2.05, 4.69) is 10.1 Å². The lowest BCUT2D eigenvalue weighted by Crippen LogP contribution is -2.52. The molecule has 0 aliphatic carbocycles. The Hall–Kier alpha value is -2.13. The van der Waals surface area contributed by atoms with Crippen LogP contribution < -0.4 is 10.1 Å². The summed E-state index contributed by atoms with van der Waals surface area (Å²) < 4.78 is 16.7.